The summed E-state index contributed by atoms with van der Waals surface area (Å²) >= 11 is 5.78. The van der Waals surface area contributed by atoms with Crippen LogP contribution in [0.1, 0.15) is 13.8 Å². The first kappa shape index (κ1) is 13.1. The van der Waals surface area contributed by atoms with Crippen molar-refractivity contribution >= 4 is 17.3 Å². The number of halogens is 1. The molecule has 0 amide bonds. The van der Waals surface area contributed by atoms with E-state index >= 15 is 0 Å². The maximum absolute atomic E-state index is 5.78. The standard InChI is InChI=1S/C11H18ClN3O/c1-11(2,15(3)4)7-16-10-6-8(13)5-9(12)14-10/h5-6H,7H2,1-4H3,(H2,13,14). The maximum atomic E-state index is 5.78. The van der Waals surface area contributed by atoms with E-state index in [9.17, 15) is 0 Å². The molecule has 1 heterocycles. The van der Waals surface area contributed by atoms with Gasteiger partial charge in [-0.05, 0) is 34.0 Å². The van der Waals surface area contributed by atoms with Gasteiger partial charge in [0, 0.05) is 17.3 Å². The summed E-state index contributed by atoms with van der Waals surface area (Å²) in [6.07, 6.45) is 0. The van der Waals surface area contributed by atoms with Crippen LogP contribution in [-0.2, 0) is 0 Å². The van der Waals surface area contributed by atoms with E-state index in [2.05, 4.69) is 23.7 Å². The van der Waals surface area contributed by atoms with Gasteiger partial charge in [-0.1, -0.05) is 11.6 Å². The van der Waals surface area contributed by atoms with Crippen LogP contribution in [0.25, 0.3) is 0 Å². The van der Waals surface area contributed by atoms with Crippen LogP contribution in [-0.4, -0.2) is 36.1 Å². The second-order valence-corrected chi connectivity index (χ2v) is 4.94. The fourth-order valence-electron chi connectivity index (χ4n) is 0.945. The summed E-state index contributed by atoms with van der Waals surface area (Å²) in [7, 11) is 4.01. The average molecular weight is 244 g/mol. The average Bonchev–Trinajstić information content (AvgIpc) is 2.13. The largest absolute Gasteiger partial charge is 0.476 e. The number of nitrogen functional groups attached to an aromatic ring is 1. The molecule has 1 aromatic heterocycles. The zero-order chi connectivity index (χ0) is 12.3. The highest BCUT2D eigenvalue weighted by molar-refractivity contribution is 6.29. The first-order chi connectivity index (χ1) is 7.31. The van der Waals surface area contributed by atoms with Crippen molar-refractivity contribution in [1.29, 1.82) is 0 Å². The molecule has 0 aromatic carbocycles. The lowest BCUT2D eigenvalue weighted by Crippen LogP contribution is -2.43. The molecule has 2 N–H and O–H groups in total. The fraction of sp³-hybridized carbons (Fsp3) is 0.545. The molecular formula is C11H18ClN3O. The number of hydrogen-bond donors (Lipinski definition) is 1. The van der Waals surface area contributed by atoms with E-state index in [1.165, 1.54) is 0 Å². The molecule has 0 unspecified atom stereocenters. The van der Waals surface area contributed by atoms with E-state index < -0.39 is 0 Å². The lowest BCUT2D eigenvalue weighted by molar-refractivity contribution is 0.111. The number of rotatable bonds is 4. The van der Waals surface area contributed by atoms with Gasteiger partial charge in [-0.3, -0.25) is 0 Å². The molecule has 5 heteroatoms. The molecule has 0 spiro atoms. The van der Waals surface area contributed by atoms with Crippen molar-refractivity contribution in [3.8, 4) is 5.88 Å². The lowest BCUT2D eigenvalue weighted by Gasteiger charge is -2.31. The number of nitrogens with zero attached hydrogens (tertiary/aromatic N) is 2. The molecule has 90 valence electrons. The molecular weight excluding hydrogens is 226 g/mol. The SMILES string of the molecule is CN(C)C(C)(C)COc1cc(N)cc(Cl)n1. The van der Waals surface area contributed by atoms with Crippen molar-refractivity contribution < 1.29 is 4.74 Å². The van der Waals surface area contributed by atoms with Crippen LogP contribution in [0.2, 0.25) is 5.15 Å². The molecule has 0 bridgehead atoms. The molecule has 4 nitrogen and oxygen atoms in total. The Hall–Kier alpha value is -1.00. The van der Waals surface area contributed by atoms with Gasteiger partial charge in [0.1, 0.15) is 11.8 Å². The molecule has 0 aliphatic rings. The molecule has 0 radical (unpaired) electrons. The minimum Gasteiger partial charge on any atom is -0.476 e. The molecule has 0 saturated carbocycles. The van der Waals surface area contributed by atoms with Crippen molar-refractivity contribution in [1.82, 2.24) is 9.88 Å². The van der Waals surface area contributed by atoms with Gasteiger partial charge in [0.2, 0.25) is 5.88 Å². The summed E-state index contributed by atoms with van der Waals surface area (Å²) in [6, 6.07) is 3.25. The Morgan fingerprint density at radius 2 is 2.06 bits per heavy atom. The van der Waals surface area contributed by atoms with Crippen LogP contribution < -0.4 is 10.5 Å². The van der Waals surface area contributed by atoms with E-state index in [0.717, 1.165) is 0 Å². The summed E-state index contributed by atoms with van der Waals surface area (Å²) < 4.78 is 5.58. The molecule has 0 fully saturated rings. The maximum Gasteiger partial charge on any atom is 0.216 e. The summed E-state index contributed by atoms with van der Waals surface area (Å²) in [5.74, 6) is 0.458. The molecule has 1 rings (SSSR count). The minimum atomic E-state index is -0.0707. The summed E-state index contributed by atoms with van der Waals surface area (Å²) in [4.78, 5) is 6.13. The van der Waals surface area contributed by atoms with E-state index in [0.29, 0.717) is 23.3 Å². The van der Waals surface area contributed by atoms with Gasteiger partial charge in [-0.15, -0.1) is 0 Å². The highest BCUT2D eigenvalue weighted by Gasteiger charge is 2.21. The number of aromatic nitrogens is 1. The van der Waals surface area contributed by atoms with E-state index in [-0.39, 0.29) is 5.54 Å². The molecule has 0 aliphatic carbocycles. The first-order valence-corrected chi connectivity index (χ1v) is 5.42. The van der Waals surface area contributed by atoms with Gasteiger partial charge in [0.05, 0.1) is 0 Å². The van der Waals surface area contributed by atoms with Crippen LogP contribution in [0, 0.1) is 0 Å². The Bertz CT molecular complexity index is 346. The number of hydrogen-bond acceptors (Lipinski definition) is 4. The molecule has 0 aliphatic heterocycles. The Balaban J connectivity index is 2.68. The van der Waals surface area contributed by atoms with Crippen LogP contribution >= 0.6 is 11.6 Å². The third-order valence-corrected chi connectivity index (χ3v) is 2.77. The van der Waals surface area contributed by atoms with Crippen molar-refractivity contribution in [2.75, 3.05) is 26.4 Å². The number of nitrogens with two attached hydrogens (primary N) is 1. The van der Waals surface area contributed by atoms with Crippen LogP contribution in [0.3, 0.4) is 0 Å². The molecule has 0 saturated heterocycles. The third-order valence-electron chi connectivity index (χ3n) is 2.58. The second kappa shape index (κ2) is 4.89. The Kier molecular flexibility index (Phi) is 3.99. The number of ether oxygens (including phenoxy) is 1. The summed E-state index contributed by atoms with van der Waals surface area (Å²) in [5, 5.41) is 0.345. The highest BCUT2D eigenvalue weighted by atomic mass is 35.5. The topological polar surface area (TPSA) is 51.4 Å². The van der Waals surface area contributed by atoms with Crippen molar-refractivity contribution in [2.24, 2.45) is 0 Å². The van der Waals surface area contributed by atoms with Gasteiger partial charge in [0.25, 0.3) is 0 Å². The van der Waals surface area contributed by atoms with Crippen molar-refractivity contribution in [3.05, 3.63) is 17.3 Å². The minimum absolute atomic E-state index is 0.0707. The quantitative estimate of drug-likeness (QED) is 0.823. The Labute approximate surface area is 101 Å². The predicted molar refractivity (Wildman–Crippen MR) is 66.9 cm³/mol. The Morgan fingerprint density at radius 1 is 1.44 bits per heavy atom. The van der Waals surface area contributed by atoms with Gasteiger partial charge < -0.3 is 15.4 Å². The number of anilines is 1. The molecule has 1 aromatic rings. The lowest BCUT2D eigenvalue weighted by atomic mass is 10.1. The first-order valence-electron chi connectivity index (χ1n) is 5.04. The normalized spacial score (nSPS) is 11.9. The van der Waals surface area contributed by atoms with Crippen LogP contribution in [0.15, 0.2) is 12.1 Å². The third kappa shape index (κ3) is 3.54. The number of likely N-dealkylation sites (N-methyl/N-ethyl adjacent to an activating group) is 1. The van der Waals surface area contributed by atoms with Crippen LogP contribution in [0.4, 0.5) is 5.69 Å². The van der Waals surface area contributed by atoms with Gasteiger partial charge in [0.15, 0.2) is 0 Å². The second-order valence-electron chi connectivity index (χ2n) is 4.56. The van der Waals surface area contributed by atoms with Crippen molar-refractivity contribution in [3.63, 3.8) is 0 Å². The van der Waals surface area contributed by atoms with E-state index in [1.807, 2.05) is 14.1 Å². The van der Waals surface area contributed by atoms with Crippen molar-refractivity contribution in [2.45, 2.75) is 19.4 Å². The monoisotopic (exact) mass is 243 g/mol. The summed E-state index contributed by atoms with van der Waals surface area (Å²) in [6.45, 7) is 4.69. The highest BCUT2D eigenvalue weighted by Crippen LogP contribution is 2.19. The fourth-order valence-corrected chi connectivity index (χ4v) is 1.15. The van der Waals surface area contributed by atoms with Gasteiger partial charge in [-0.2, -0.15) is 0 Å². The zero-order valence-corrected chi connectivity index (χ0v) is 10.9. The van der Waals surface area contributed by atoms with Crippen LogP contribution in [0.5, 0.6) is 5.88 Å². The summed E-state index contributed by atoms with van der Waals surface area (Å²) in [5.41, 5.74) is 6.13. The van der Waals surface area contributed by atoms with Gasteiger partial charge >= 0.3 is 0 Å². The molecule has 16 heavy (non-hydrogen) atoms. The van der Waals surface area contributed by atoms with E-state index in [4.69, 9.17) is 22.1 Å². The zero-order valence-electron chi connectivity index (χ0n) is 10.1. The molecule has 0 atom stereocenters. The number of pyridine rings is 1. The Morgan fingerprint density at radius 3 is 2.56 bits per heavy atom. The van der Waals surface area contributed by atoms with Gasteiger partial charge in [-0.25, -0.2) is 4.98 Å². The smallest absolute Gasteiger partial charge is 0.216 e. The van der Waals surface area contributed by atoms with E-state index in [1.54, 1.807) is 12.1 Å². The predicted octanol–water partition coefficient (Wildman–Crippen LogP) is 2.04.